The van der Waals surface area contributed by atoms with Gasteiger partial charge in [-0.2, -0.15) is 0 Å². The average molecular weight is 634 g/mol. The molecular formula is C34H39N3O7S. The van der Waals surface area contributed by atoms with Crippen LogP contribution in [0.4, 0.5) is 4.79 Å². The number of amides is 3. The molecule has 2 heterocycles. The number of nitrogens with zero attached hydrogens (tertiary/aromatic N) is 2. The van der Waals surface area contributed by atoms with Crippen molar-refractivity contribution in [2.24, 2.45) is 0 Å². The molecule has 3 aromatic carbocycles. The zero-order valence-corrected chi connectivity index (χ0v) is 26.8. The third kappa shape index (κ3) is 7.37. The van der Waals surface area contributed by atoms with Crippen molar-refractivity contribution < 1.29 is 32.3 Å². The summed E-state index contributed by atoms with van der Waals surface area (Å²) in [6, 6.07) is 21.2. The number of nitrogens with one attached hydrogen (secondary N) is 1. The van der Waals surface area contributed by atoms with Crippen molar-refractivity contribution in [1.29, 1.82) is 0 Å². The van der Waals surface area contributed by atoms with Crippen LogP contribution in [0.25, 0.3) is 11.1 Å². The summed E-state index contributed by atoms with van der Waals surface area (Å²) in [5.74, 6) is -0.114. The van der Waals surface area contributed by atoms with E-state index >= 15 is 0 Å². The van der Waals surface area contributed by atoms with Crippen LogP contribution in [0.15, 0.2) is 72.8 Å². The SMILES string of the molecule is CCS(=O)(=O)NC1CCN(C(=O)OC(C)(C)C)C1Cc1cccc(-c2ccccc2OCCN2C(=O)c3ccccc3C2=O)c1. The van der Waals surface area contributed by atoms with Gasteiger partial charge in [0, 0.05) is 18.2 Å². The summed E-state index contributed by atoms with van der Waals surface area (Å²) in [7, 11) is -3.50. The molecular weight excluding hydrogens is 594 g/mol. The third-order valence-electron chi connectivity index (χ3n) is 7.91. The molecule has 0 aliphatic carbocycles. The first kappa shape index (κ1) is 32.2. The van der Waals surface area contributed by atoms with E-state index in [0.29, 0.717) is 36.3 Å². The highest BCUT2D eigenvalue weighted by molar-refractivity contribution is 7.89. The Bertz CT molecular complexity index is 1660. The van der Waals surface area contributed by atoms with Crippen LogP contribution in [0.5, 0.6) is 5.75 Å². The Morgan fingerprint density at radius 3 is 2.22 bits per heavy atom. The molecule has 2 aliphatic heterocycles. The molecule has 0 spiro atoms. The summed E-state index contributed by atoms with van der Waals surface area (Å²) in [6.07, 6.45) is 0.415. The number of rotatable bonds is 10. The number of hydrogen-bond acceptors (Lipinski definition) is 7. The molecule has 0 saturated carbocycles. The van der Waals surface area contributed by atoms with E-state index in [4.69, 9.17) is 9.47 Å². The number of fused-ring (bicyclic) bond motifs is 1. The predicted molar refractivity (Wildman–Crippen MR) is 171 cm³/mol. The molecule has 238 valence electrons. The van der Waals surface area contributed by atoms with E-state index in [1.807, 2.05) is 48.5 Å². The van der Waals surface area contributed by atoms with Gasteiger partial charge in [-0.05, 0) is 69.9 Å². The number of hydrogen-bond donors (Lipinski definition) is 1. The standard InChI is InChI=1S/C34H39N3O7S/c1-5-45(41,42)35-28-17-18-36(33(40)44-34(2,3)4)29(28)22-23-11-10-12-24(21-23)25-13-8-9-16-30(25)43-20-19-37-31(38)26-14-6-7-15-27(26)32(37)39/h6-16,21,28-29,35H,5,17-20,22H2,1-4H3. The van der Waals surface area contributed by atoms with Gasteiger partial charge in [-0.15, -0.1) is 0 Å². The highest BCUT2D eigenvalue weighted by Crippen LogP contribution is 2.32. The largest absolute Gasteiger partial charge is 0.491 e. The maximum atomic E-state index is 13.1. The van der Waals surface area contributed by atoms with Gasteiger partial charge >= 0.3 is 6.09 Å². The molecule has 0 radical (unpaired) electrons. The fraction of sp³-hybridized carbons (Fsp3) is 0.382. The molecule has 2 atom stereocenters. The lowest BCUT2D eigenvalue weighted by Crippen LogP contribution is -2.49. The van der Waals surface area contributed by atoms with Crippen LogP contribution in [-0.2, 0) is 21.2 Å². The molecule has 1 saturated heterocycles. The van der Waals surface area contributed by atoms with E-state index in [9.17, 15) is 22.8 Å². The van der Waals surface area contributed by atoms with Gasteiger partial charge in [0.1, 0.15) is 18.0 Å². The normalized spacial score (nSPS) is 18.3. The molecule has 1 fully saturated rings. The summed E-state index contributed by atoms with van der Waals surface area (Å²) in [5, 5.41) is 0. The number of para-hydroxylation sites is 1. The van der Waals surface area contributed by atoms with Crippen LogP contribution >= 0.6 is 0 Å². The quantitative estimate of drug-likeness (QED) is 0.316. The number of sulfonamides is 1. The zero-order chi connectivity index (χ0) is 32.4. The van der Waals surface area contributed by atoms with Crippen molar-refractivity contribution >= 4 is 27.9 Å². The first-order valence-corrected chi connectivity index (χ1v) is 16.8. The molecule has 1 N–H and O–H groups in total. The number of imide groups is 1. The Morgan fingerprint density at radius 2 is 1.58 bits per heavy atom. The monoisotopic (exact) mass is 633 g/mol. The first-order valence-electron chi connectivity index (χ1n) is 15.1. The smallest absolute Gasteiger partial charge is 0.410 e. The first-order chi connectivity index (χ1) is 21.4. The van der Waals surface area contributed by atoms with Crippen LogP contribution in [0, 0.1) is 0 Å². The topological polar surface area (TPSA) is 122 Å². The minimum Gasteiger partial charge on any atom is -0.491 e. The van der Waals surface area contributed by atoms with E-state index in [0.717, 1.165) is 16.7 Å². The van der Waals surface area contributed by atoms with Gasteiger partial charge in [0.25, 0.3) is 11.8 Å². The van der Waals surface area contributed by atoms with Crippen LogP contribution < -0.4 is 9.46 Å². The molecule has 2 aliphatic rings. The van der Waals surface area contributed by atoms with Crippen molar-refractivity contribution in [2.45, 2.75) is 58.2 Å². The van der Waals surface area contributed by atoms with Crippen LogP contribution in [0.3, 0.4) is 0 Å². The Morgan fingerprint density at radius 1 is 0.933 bits per heavy atom. The Hall–Kier alpha value is -4.22. The molecule has 5 rings (SSSR count). The molecule has 3 amide bonds. The van der Waals surface area contributed by atoms with E-state index in [1.54, 1.807) is 56.9 Å². The van der Waals surface area contributed by atoms with E-state index in [-0.39, 0.29) is 30.7 Å². The summed E-state index contributed by atoms with van der Waals surface area (Å²) in [5.41, 5.74) is 2.71. The molecule has 45 heavy (non-hydrogen) atoms. The van der Waals surface area contributed by atoms with Gasteiger partial charge in [0.2, 0.25) is 10.0 Å². The molecule has 0 aromatic heterocycles. The van der Waals surface area contributed by atoms with Crippen molar-refractivity contribution in [3.05, 3.63) is 89.5 Å². The summed E-state index contributed by atoms with van der Waals surface area (Å²) in [4.78, 5) is 41.5. The minimum absolute atomic E-state index is 0.0536. The summed E-state index contributed by atoms with van der Waals surface area (Å²) >= 11 is 0. The second kappa shape index (κ2) is 13.0. The van der Waals surface area contributed by atoms with E-state index in [2.05, 4.69) is 4.72 Å². The highest BCUT2D eigenvalue weighted by atomic mass is 32.2. The Kier molecular flexibility index (Phi) is 9.31. The second-order valence-electron chi connectivity index (χ2n) is 12.2. The minimum atomic E-state index is -3.50. The third-order valence-corrected chi connectivity index (χ3v) is 9.33. The van der Waals surface area contributed by atoms with Crippen molar-refractivity contribution in [1.82, 2.24) is 14.5 Å². The van der Waals surface area contributed by atoms with Gasteiger partial charge in [-0.25, -0.2) is 17.9 Å². The van der Waals surface area contributed by atoms with Gasteiger partial charge in [-0.1, -0.05) is 54.6 Å². The fourth-order valence-electron chi connectivity index (χ4n) is 5.73. The van der Waals surface area contributed by atoms with Crippen LogP contribution in [0.2, 0.25) is 0 Å². The molecule has 3 aromatic rings. The van der Waals surface area contributed by atoms with Crippen molar-refractivity contribution in [3.63, 3.8) is 0 Å². The Labute approximate surface area is 264 Å². The predicted octanol–water partition coefficient (Wildman–Crippen LogP) is 4.89. The number of carbonyl (C=O) groups is 3. The highest BCUT2D eigenvalue weighted by Gasteiger charge is 2.40. The van der Waals surface area contributed by atoms with Gasteiger partial charge in [0.05, 0.1) is 29.5 Å². The molecule has 11 heteroatoms. The second-order valence-corrected chi connectivity index (χ2v) is 14.3. The van der Waals surface area contributed by atoms with Gasteiger partial charge in [0.15, 0.2) is 0 Å². The van der Waals surface area contributed by atoms with Gasteiger partial charge < -0.3 is 14.4 Å². The van der Waals surface area contributed by atoms with Gasteiger partial charge in [-0.3, -0.25) is 14.5 Å². The number of likely N-dealkylation sites (tertiary alicyclic amines) is 1. The fourth-order valence-corrected chi connectivity index (χ4v) is 6.64. The number of ether oxygens (including phenoxy) is 2. The van der Waals surface area contributed by atoms with Crippen LogP contribution in [-0.4, -0.2) is 79.3 Å². The lowest BCUT2D eigenvalue weighted by molar-refractivity contribution is 0.0218. The van der Waals surface area contributed by atoms with Crippen molar-refractivity contribution in [2.75, 3.05) is 25.4 Å². The molecule has 10 nitrogen and oxygen atoms in total. The lowest BCUT2D eigenvalue weighted by Gasteiger charge is -2.31. The van der Waals surface area contributed by atoms with Crippen molar-refractivity contribution in [3.8, 4) is 16.9 Å². The number of benzene rings is 3. The zero-order valence-electron chi connectivity index (χ0n) is 26.0. The summed E-state index contributed by atoms with van der Waals surface area (Å²) in [6.45, 7) is 7.59. The summed E-state index contributed by atoms with van der Waals surface area (Å²) < 4.78 is 39.6. The van der Waals surface area contributed by atoms with E-state index in [1.165, 1.54) is 4.90 Å². The maximum Gasteiger partial charge on any atom is 0.410 e. The lowest BCUT2D eigenvalue weighted by atomic mass is 9.96. The van der Waals surface area contributed by atoms with E-state index < -0.39 is 33.8 Å². The average Bonchev–Trinajstić information content (AvgIpc) is 3.49. The number of carbonyl (C=O) groups excluding carboxylic acids is 3. The molecule has 2 unspecified atom stereocenters. The molecule has 0 bridgehead atoms. The maximum absolute atomic E-state index is 13.1. The van der Waals surface area contributed by atoms with Crippen LogP contribution in [0.1, 0.15) is 60.4 Å². The Balaban J connectivity index is 1.33.